The number of hydrogen-bond acceptors (Lipinski definition) is 4. The van der Waals surface area contributed by atoms with Gasteiger partial charge < -0.3 is 9.64 Å². The molecule has 25 heavy (non-hydrogen) atoms. The van der Waals surface area contributed by atoms with E-state index >= 15 is 0 Å². The van der Waals surface area contributed by atoms with Gasteiger partial charge in [-0.05, 0) is 41.8 Å². The van der Waals surface area contributed by atoms with Crippen LogP contribution in [0.1, 0.15) is 11.1 Å². The van der Waals surface area contributed by atoms with E-state index in [-0.39, 0.29) is 4.90 Å². The topological polar surface area (TPSA) is 66.9 Å². The van der Waals surface area contributed by atoms with Gasteiger partial charge in [0.25, 0.3) is 0 Å². The van der Waals surface area contributed by atoms with Gasteiger partial charge in [-0.2, -0.15) is 0 Å². The molecule has 2 aromatic carbocycles. The molecule has 0 fully saturated rings. The van der Waals surface area contributed by atoms with Gasteiger partial charge in [0, 0.05) is 27.2 Å². The lowest BCUT2D eigenvalue weighted by atomic mass is 10.0. The highest BCUT2D eigenvalue weighted by Gasteiger charge is 2.25. The molecule has 0 bridgehead atoms. The quantitative estimate of drug-likeness (QED) is 0.843. The van der Waals surface area contributed by atoms with Gasteiger partial charge in [0.05, 0.1) is 4.90 Å². The van der Waals surface area contributed by atoms with Crippen molar-refractivity contribution in [3.63, 3.8) is 0 Å². The number of hydrogen-bond donors (Lipinski definition) is 0. The van der Waals surface area contributed by atoms with E-state index in [0.717, 1.165) is 11.1 Å². The van der Waals surface area contributed by atoms with Crippen LogP contribution in [0.25, 0.3) is 0 Å². The van der Waals surface area contributed by atoms with Gasteiger partial charge in [0.2, 0.25) is 10.0 Å². The van der Waals surface area contributed by atoms with E-state index in [1.54, 1.807) is 41.3 Å². The van der Waals surface area contributed by atoms with Crippen molar-refractivity contribution >= 4 is 16.1 Å². The van der Waals surface area contributed by atoms with Crippen molar-refractivity contribution in [2.24, 2.45) is 0 Å². The molecule has 1 heterocycles. The average molecular weight is 360 g/mol. The Bertz CT molecular complexity index is 879. The van der Waals surface area contributed by atoms with Crippen molar-refractivity contribution in [3.8, 4) is 5.75 Å². The molecule has 0 saturated carbocycles. The minimum Gasteiger partial charge on any atom is -0.410 e. The van der Waals surface area contributed by atoms with Crippen LogP contribution in [0.3, 0.4) is 0 Å². The number of carbonyl (C=O) groups excluding carboxylic acids is 1. The number of sulfonamides is 1. The molecule has 0 N–H and O–H groups in total. The fourth-order valence-corrected chi connectivity index (χ4v) is 3.67. The first-order valence-corrected chi connectivity index (χ1v) is 9.38. The number of nitrogens with zero attached hydrogens (tertiary/aromatic N) is 2. The summed E-state index contributed by atoms with van der Waals surface area (Å²) in [5.41, 5.74) is 1.89. The fraction of sp³-hybridized carbons (Fsp3) is 0.278. The van der Waals surface area contributed by atoms with Crippen LogP contribution in [0.5, 0.6) is 5.75 Å². The van der Waals surface area contributed by atoms with Crippen LogP contribution in [0.2, 0.25) is 0 Å². The van der Waals surface area contributed by atoms with E-state index in [1.807, 2.05) is 12.1 Å². The second kappa shape index (κ2) is 6.85. The minimum atomic E-state index is -3.50. The van der Waals surface area contributed by atoms with Gasteiger partial charge in [0.15, 0.2) is 0 Å². The summed E-state index contributed by atoms with van der Waals surface area (Å²) < 4.78 is 31.1. The number of benzene rings is 2. The van der Waals surface area contributed by atoms with E-state index in [4.69, 9.17) is 4.74 Å². The summed E-state index contributed by atoms with van der Waals surface area (Å²) in [6.07, 6.45) is 0.236. The maximum atomic E-state index is 12.3. The molecule has 0 aromatic heterocycles. The SMILES string of the molecule is CN(C)S(=O)(=O)c1ccc2c(c1)CN(C(=O)Oc1ccccc1)CC2. The third kappa shape index (κ3) is 3.67. The Morgan fingerprint density at radius 2 is 1.80 bits per heavy atom. The van der Waals surface area contributed by atoms with Crippen molar-refractivity contribution in [3.05, 3.63) is 59.7 Å². The molecule has 6 nitrogen and oxygen atoms in total. The molecular weight excluding hydrogens is 340 g/mol. The highest BCUT2D eigenvalue weighted by Crippen LogP contribution is 2.24. The Hall–Kier alpha value is -2.38. The van der Waals surface area contributed by atoms with E-state index in [1.165, 1.54) is 18.4 Å². The summed E-state index contributed by atoms with van der Waals surface area (Å²) in [5.74, 6) is 0.488. The highest BCUT2D eigenvalue weighted by atomic mass is 32.2. The monoisotopic (exact) mass is 360 g/mol. The van der Waals surface area contributed by atoms with Gasteiger partial charge in [-0.25, -0.2) is 17.5 Å². The summed E-state index contributed by atoms with van der Waals surface area (Å²) in [6, 6.07) is 14.0. The van der Waals surface area contributed by atoms with Crippen LogP contribution in [0.4, 0.5) is 4.79 Å². The van der Waals surface area contributed by atoms with Crippen molar-refractivity contribution < 1.29 is 17.9 Å². The van der Waals surface area contributed by atoms with Gasteiger partial charge in [-0.15, -0.1) is 0 Å². The molecule has 1 amide bonds. The molecule has 7 heteroatoms. The number of carbonyl (C=O) groups is 1. The lowest BCUT2D eigenvalue weighted by Gasteiger charge is -2.28. The third-order valence-corrected chi connectivity index (χ3v) is 5.99. The minimum absolute atomic E-state index is 0.231. The average Bonchev–Trinajstić information content (AvgIpc) is 2.61. The first-order valence-electron chi connectivity index (χ1n) is 7.94. The Morgan fingerprint density at radius 1 is 1.08 bits per heavy atom. The lowest BCUT2D eigenvalue weighted by Crippen LogP contribution is -2.38. The number of ether oxygens (including phenoxy) is 1. The Labute approximate surface area is 147 Å². The molecule has 132 valence electrons. The second-order valence-corrected chi connectivity index (χ2v) is 8.22. The summed E-state index contributed by atoms with van der Waals surface area (Å²) in [6.45, 7) is 0.871. The van der Waals surface area contributed by atoms with Gasteiger partial charge >= 0.3 is 6.09 Å². The van der Waals surface area contributed by atoms with E-state index in [0.29, 0.717) is 25.3 Å². The molecule has 1 aliphatic heterocycles. The first-order chi connectivity index (χ1) is 11.9. The number of rotatable bonds is 3. The van der Waals surface area contributed by atoms with Crippen molar-refractivity contribution in [1.29, 1.82) is 0 Å². The lowest BCUT2D eigenvalue weighted by molar-refractivity contribution is 0.147. The summed E-state index contributed by atoms with van der Waals surface area (Å²) in [4.78, 5) is 14.2. The second-order valence-electron chi connectivity index (χ2n) is 6.07. The molecule has 0 radical (unpaired) electrons. The largest absolute Gasteiger partial charge is 0.415 e. The smallest absolute Gasteiger partial charge is 0.410 e. The van der Waals surface area contributed by atoms with Crippen LogP contribution in [-0.2, 0) is 23.0 Å². The van der Waals surface area contributed by atoms with Gasteiger partial charge in [-0.3, -0.25) is 0 Å². The van der Waals surface area contributed by atoms with Crippen molar-refractivity contribution in [2.75, 3.05) is 20.6 Å². The van der Waals surface area contributed by atoms with E-state index < -0.39 is 16.1 Å². The number of amides is 1. The van der Waals surface area contributed by atoms with E-state index in [9.17, 15) is 13.2 Å². The Kier molecular flexibility index (Phi) is 4.78. The van der Waals surface area contributed by atoms with Crippen LogP contribution in [0, 0.1) is 0 Å². The summed E-state index contributed by atoms with van der Waals surface area (Å²) in [5, 5.41) is 0. The van der Waals surface area contributed by atoms with Crippen molar-refractivity contribution in [1.82, 2.24) is 9.21 Å². The van der Waals surface area contributed by atoms with Crippen LogP contribution < -0.4 is 4.74 Å². The zero-order valence-electron chi connectivity index (χ0n) is 14.2. The zero-order chi connectivity index (χ0) is 18.0. The fourth-order valence-electron chi connectivity index (χ4n) is 2.71. The molecule has 0 unspecified atom stereocenters. The van der Waals surface area contributed by atoms with Crippen LogP contribution in [0.15, 0.2) is 53.4 Å². The molecule has 2 aromatic rings. The molecular formula is C18H20N2O4S. The molecule has 0 aliphatic carbocycles. The van der Waals surface area contributed by atoms with Crippen LogP contribution >= 0.6 is 0 Å². The van der Waals surface area contributed by atoms with Gasteiger partial charge in [-0.1, -0.05) is 24.3 Å². The maximum Gasteiger partial charge on any atom is 0.415 e. The maximum absolute atomic E-state index is 12.3. The summed E-state index contributed by atoms with van der Waals surface area (Å²) >= 11 is 0. The molecule has 0 saturated heterocycles. The first kappa shape index (κ1) is 17.4. The van der Waals surface area contributed by atoms with Crippen LogP contribution in [-0.4, -0.2) is 44.4 Å². The summed E-state index contributed by atoms with van der Waals surface area (Å²) in [7, 11) is -0.501. The highest BCUT2D eigenvalue weighted by molar-refractivity contribution is 7.89. The molecule has 0 atom stereocenters. The Balaban J connectivity index is 1.79. The predicted octanol–water partition coefficient (Wildman–Crippen LogP) is 2.49. The molecule has 3 rings (SSSR count). The van der Waals surface area contributed by atoms with Crippen molar-refractivity contribution in [2.45, 2.75) is 17.9 Å². The Morgan fingerprint density at radius 3 is 2.48 bits per heavy atom. The van der Waals surface area contributed by atoms with Gasteiger partial charge in [0.1, 0.15) is 5.75 Å². The predicted molar refractivity (Wildman–Crippen MR) is 93.9 cm³/mol. The number of para-hydroxylation sites is 1. The normalized spacial score (nSPS) is 14.3. The number of fused-ring (bicyclic) bond motifs is 1. The molecule has 0 spiro atoms. The standard InChI is InChI=1S/C18H20N2O4S/c1-19(2)25(22,23)17-9-8-14-10-11-20(13-15(14)12-17)18(21)24-16-6-4-3-5-7-16/h3-9,12H,10-11,13H2,1-2H3. The zero-order valence-corrected chi connectivity index (χ0v) is 15.0. The molecule has 1 aliphatic rings. The third-order valence-electron chi connectivity index (χ3n) is 4.18. The van der Waals surface area contributed by atoms with E-state index in [2.05, 4.69) is 0 Å².